The van der Waals surface area contributed by atoms with E-state index in [9.17, 15) is 23.2 Å². The van der Waals surface area contributed by atoms with Crippen LogP contribution in [-0.4, -0.2) is 57.1 Å². The molecule has 1 fully saturated rings. The van der Waals surface area contributed by atoms with Gasteiger partial charge in [0.2, 0.25) is 0 Å². The topological polar surface area (TPSA) is 103 Å². The first-order valence-electron chi connectivity index (χ1n) is 10.1. The van der Waals surface area contributed by atoms with E-state index >= 15 is 0 Å². The highest BCUT2D eigenvalue weighted by atomic mass is 32.2. The van der Waals surface area contributed by atoms with Gasteiger partial charge in [-0.05, 0) is 61.8 Å². The lowest BCUT2D eigenvalue weighted by Gasteiger charge is -2.41. The number of nitrogens with zero attached hydrogens (tertiary/aromatic N) is 2. The molecular weight excluding hydrogens is 421 g/mol. The van der Waals surface area contributed by atoms with E-state index in [0.29, 0.717) is 18.7 Å². The Morgan fingerprint density at radius 1 is 1.29 bits per heavy atom. The van der Waals surface area contributed by atoms with Crippen LogP contribution in [-0.2, 0) is 15.3 Å². The second kappa shape index (κ2) is 8.11. The molecule has 0 aromatic heterocycles. The Balaban J connectivity index is 1.35. The van der Waals surface area contributed by atoms with Gasteiger partial charge in [-0.2, -0.15) is 5.26 Å². The number of hydrogen-bond acceptors (Lipinski definition) is 7. The summed E-state index contributed by atoms with van der Waals surface area (Å²) < 4.78 is 42.6. The molecule has 2 heterocycles. The van der Waals surface area contributed by atoms with Gasteiger partial charge in [-0.3, -0.25) is 4.90 Å². The first-order chi connectivity index (χ1) is 14.7. The van der Waals surface area contributed by atoms with Crippen molar-refractivity contribution in [3.8, 4) is 11.8 Å². The van der Waals surface area contributed by atoms with Crippen LogP contribution in [0.25, 0.3) is 0 Å². The number of sulfone groups is 1. The maximum atomic E-state index is 14.0. The highest BCUT2D eigenvalue weighted by Crippen LogP contribution is 2.47. The summed E-state index contributed by atoms with van der Waals surface area (Å²) in [4.78, 5) is 1.87. The third kappa shape index (κ3) is 4.11. The number of ether oxygens (including phenoxy) is 1. The van der Waals surface area contributed by atoms with Gasteiger partial charge in [-0.25, -0.2) is 12.8 Å². The molecule has 0 radical (unpaired) electrons. The fraction of sp³-hybridized carbons (Fsp3) is 0.409. The summed E-state index contributed by atoms with van der Waals surface area (Å²) in [5.41, 5.74) is 2.04. The molecule has 1 spiro atoms. The maximum absolute atomic E-state index is 14.0. The van der Waals surface area contributed by atoms with Crippen LogP contribution in [0.3, 0.4) is 0 Å². The summed E-state index contributed by atoms with van der Waals surface area (Å²) >= 11 is 0. The molecule has 0 bridgehead atoms. The van der Waals surface area contributed by atoms with E-state index in [1.54, 1.807) is 6.07 Å². The molecule has 1 unspecified atom stereocenters. The monoisotopic (exact) mass is 445 g/mol. The molecule has 0 amide bonds. The molecule has 9 heteroatoms. The standard InChI is InChI=1S/C22H24FN3O4S/c1-31(28,29)20-5-3-16(13-18(20)23)30-11-10-26-8-6-22(7-9-26)17-12-15(14-24)2-4-19(17)25-21(22)27/h2-5,12-13,21,25,27H,6-11H2,1H3. The van der Waals surface area contributed by atoms with Crippen LogP contribution in [0.5, 0.6) is 5.75 Å². The largest absolute Gasteiger partial charge is 0.492 e. The second-order valence-electron chi connectivity index (χ2n) is 8.13. The molecular formula is C22H24FN3O4S. The molecule has 1 atom stereocenters. The first-order valence-corrected chi connectivity index (χ1v) is 12.0. The van der Waals surface area contributed by atoms with Gasteiger partial charge in [-0.1, -0.05) is 0 Å². The van der Waals surface area contributed by atoms with Crippen LogP contribution >= 0.6 is 0 Å². The minimum absolute atomic E-state index is 0.284. The van der Waals surface area contributed by atoms with E-state index in [1.807, 2.05) is 12.1 Å². The molecule has 7 nitrogen and oxygen atoms in total. The molecule has 2 aromatic carbocycles. The number of aliphatic hydroxyl groups is 1. The molecule has 2 aromatic rings. The maximum Gasteiger partial charge on any atom is 0.178 e. The van der Waals surface area contributed by atoms with E-state index in [1.165, 1.54) is 12.1 Å². The first kappa shape index (κ1) is 21.6. The predicted molar refractivity (Wildman–Crippen MR) is 113 cm³/mol. The summed E-state index contributed by atoms with van der Waals surface area (Å²) in [6, 6.07) is 11.4. The van der Waals surface area contributed by atoms with Gasteiger partial charge >= 0.3 is 0 Å². The summed E-state index contributed by atoms with van der Waals surface area (Å²) in [5.74, 6) is -0.537. The zero-order valence-electron chi connectivity index (χ0n) is 17.1. The Morgan fingerprint density at radius 2 is 2.03 bits per heavy atom. The molecule has 31 heavy (non-hydrogen) atoms. The summed E-state index contributed by atoms with van der Waals surface area (Å²) in [6.07, 6.45) is 1.75. The third-order valence-corrected chi connectivity index (χ3v) is 7.36. The molecule has 164 valence electrons. The number of halogens is 1. The van der Waals surface area contributed by atoms with Crippen LogP contribution in [0.4, 0.5) is 10.1 Å². The number of fused-ring (bicyclic) bond motifs is 2. The summed E-state index contributed by atoms with van der Waals surface area (Å²) in [7, 11) is -3.61. The molecule has 1 saturated heterocycles. The van der Waals surface area contributed by atoms with Gasteiger partial charge in [0.25, 0.3) is 0 Å². The zero-order chi connectivity index (χ0) is 22.2. The lowest BCUT2D eigenvalue weighted by atomic mass is 9.72. The van der Waals surface area contributed by atoms with Crippen LogP contribution in [0.1, 0.15) is 24.0 Å². The minimum Gasteiger partial charge on any atom is -0.492 e. The van der Waals surface area contributed by atoms with Crippen molar-refractivity contribution in [1.82, 2.24) is 4.90 Å². The van der Waals surface area contributed by atoms with Crippen molar-refractivity contribution in [3.05, 3.63) is 53.3 Å². The lowest BCUT2D eigenvalue weighted by Crippen LogP contribution is -2.49. The number of anilines is 1. The second-order valence-corrected chi connectivity index (χ2v) is 10.1. The molecule has 2 N–H and O–H groups in total. The Kier molecular flexibility index (Phi) is 5.64. The zero-order valence-corrected chi connectivity index (χ0v) is 18.0. The summed E-state index contributed by atoms with van der Waals surface area (Å²) in [5, 5.41) is 23.0. The molecule has 2 aliphatic heterocycles. The fourth-order valence-electron chi connectivity index (χ4n) is 4.47. The van der Waals surface area contributed by atoms with Crippen molar-refractivity contribution in [2.75, 3.05) is 37.8 Å². The van der Waals surface area contributed by atoms with E-state index in [2.05, 4.69) is 16.3 Å². The summed E-state index contributed by atoms with van der Waals surface area (Å²) in [6.45, 7) is 2.46. The Morgan fingerprint density at radius 3 is 2.68 bits per heavy atom. The highest BCUT2D eigenvalue weighted by molar-refractivity contribution is 7.90. The molecule has 0 saturated carbocycles. The predicted octanol–water partition coefficient (Wildman–Crippen LogP) is 2.26. The van der Waals surface area contributed by atoms with Gasteiger partial charge in [0.15, 0.2) is 9.84 Å². The van der Waals surface area contributed by atoms with Crippen molar-refractivity contribution < 1.29 is 22.7 Å². The van der Waals surface area contributed by atoms with Crippen LogP contribution in [0, 0.1) is 17.1 Å². The van der Waals surface area contributed by atoms with Gasteiger partial charge in [-0.15, -0.1) is 0 Å². The van der Waals surface area contributed by atoms with Crippen molar-refractivity contribution in [1.29, 1.82) is 5.26 Å². The van der Waals surface area contributed by atoms with E-state index in [0.717, 1.165) is 49.5 Å². The molecule has 0 aliphatic carbocycles. The number of hydrogen-bond donors (Lipinski definition) is 2. The highest BCUT2D eigenvalue weighted by Gasteiger charge is 2.48. The number of aliphatic hydroxyl groups excluding tert-OH is 1. The number of benzene rings is 2. The normalized spacial score (nSPS) is 20.1. The molecule has 2 aliphatic rings. The van der Waals surface area contributed by atoms with Crippen LogP contribution < -0.4 is 10.1 Å². The molecule has 4 rings (SSSR count). The Hall–Kier alpha value is -2.67. The minimum atomic E-state index is -3.61. The average Bonchev–Trinajstić information content (AvgIpc) is 2.99. The van der Waals surface area contributed by atoms with E-state index < -0.39 is 27.3 Å². The van der Waals surface area contributed by atoms with Crippen LogP contribution in [0.2, 0.25) is 0 Å². The number of nitriles is 1. The van der Waals surface area contributed by atoms with Gasteiger partial charge < -0.3 is 15.2 Å². The van der Waals surface area contributed by atoms with E-state index in [-0.39, 0.29) is 10.6 Å². The lowest BCUT2D eigenvalue weighted by molar-refractivity contribution is 0.0524. The number of nitrogens with one attached hydrogen (secondary N) is 1. The fourth-order valence-corrected chi connectivity index (χ4v) is 5.20. The quantitative estimate of drug-likeness (QED) is 0.728. The van der Waals surface area contributed by atoms with Crippen molar-refractivity contribution in [2.45, 2.75) is 29.4 Å². The van der Waals surface area contributed by atoms with Crippen molar-refractivity contribution in [2.24, 2.45) is 0 Å². The Bertz CT molecular complexity index is 1140. The van der Waals surface area contributed by atoms with E-state index in [4.69, 9.17) is 4.74 Å². The van der Waals surface area contributed by atoms with Crippen LogP contribution in [0.15, 0.2) is 41.3 Å². The smallest absolute Gasteiger partial charge is 0.178 e. The van der Waals surface area contributed by atoms with Gasteiger partial charge in [0.1, 0.15) is 29.3 Å². The third-order valence-electron chi connectivity index (χ3n) is 6.23. The Labute approximate surface area is 181 Å². The van der Waals surface area contributed by atoms with Crippen molar-refractivity contribution >= 4 is 15.5 Å². The van der Waals surface area contributed by atoms with Crippen molar-refractivity contribution in [3.63, 3.8) is 0 Å². The van der Waals surface area contributed by atoms with Gasteiger partial charge in [0, 0.05) is 30.0 Å². The number of rotatable bonds is 5. The van der Waals surface area contributed by atoms with Gasteiger partial charge in [0.05, 0.1) is 11.6 Å². The number of likely N-dealkylation sites (tertiary alicyclic amines) is 1. The number of piperidine rings is 1. The average molecular weight is 446 g/mol. The SMILES string of the molecule is CS(=O)(=O)c1ccc(OCCN2CCC3(CC2)c2cc(C#N)ccc2NC3O)cc1F.